The Labute approximate surface area is 84.2 Å². The molecular formula is C8H9NO2S2. The highest BCUT2D eigenvalue weighted by atomic mass is 32.2. The second-order valence-corrected chi connectivity index (χ2v) is 5.16. The van der Waals surface area contributed by atoms with Gasteiger partial charge in [-0.25, -0.2) is 4.79 Å². The maximum absolute atomic E-state index is 10.7. The van der Waals surface area contributed by atoms with E-state index < -0.39 is 5.97 Å². The van der Waals surface area contributed by atoms with Gasteiger partial charge in [0, 0.05) is 12.3 Å². The van der Waals surface area contributed by atoms with Crippen molar-refractivity contribution in [3.63, 3.8) is 0 Å². The molecule has 0 atom stereocenters. The van der Waals surface area contributed by atoms with E-state index in [2.05, 4.69) is 5.32 Å². The Hall–Kier alpha value is -0.680. The zero-order valence-electron chi connectivity index (χ0n) is 6.87. The molecule has 0 aliphatic carbocycles. The minimum Gasteiger partial charge on any atom is -0.477 e. The van der Waals surface area contributed by atoms with Crippen LogP contribution in [0.25, 0.3) is 0 Å². The van der Waals surface area contributed by atoms with Crippen LogP contribution < -0.4 is 5.32 Å². The van der Waals surface area contributed by atoms with E-state index in [1.54, 1.807) is 17.8 Å². The molecule has 0 saturated carbocycles. The number of hydrogen-bond acceptors (Lipinski definition) is 4. The van der Waals surface area contributed by atoms with E-state index in [9.17, 15) is 4.79 Å². The lowest BCUT2D eigenvalue weighted by atomic mass is 10.4. The number of anilines is 1. The number of thioether (sulfide) groups is 1. The molecule has 0 bridgehead atoms. The first-order chi connectivity index (χ1) is 6.27. The summed E-state index contributed by atoms with van der Waals surface area (Å²) in [5.74, 6) is 0.236. The summed E-state index contributed by atoms with van der Waals surface area (Å²) in [6.07, 6.45) is 1.13. The topological polar surface area (TPSA) is 49.3 Å². The van der Waals surface area contributed by atoms with Crippen LogP contribution in [0.1, 0.15) is 16.1 Å². The number of nitrogens with one attached hydrogen (secondary N) is 1. The summed E-state index contributed by atoms with van der Waals surface area (Å²) >= 11 is 3.10. The summed E-state index contributed by atoms with van der Waals surface area (Å²) < 4.78 is 1.11. The first-order valence-electron chi connectivity index (χ1n) is 4.01. The molecule has 2 rings (SSSR count). The van der Waals surface area contributed by atoms with Gasteiger partial charge in [-0.05, 0) is 12.5 Å². The third-order valence-electron chi connectivity index (χ3n) is 1.78. The van der Waals surface area contributed by atoms with E-state index in [0.717, 1.165) is 28.6 Å². The van der Waals surface area contributed by atoms with E-state index in [1.807, 2.05) is 0 Å². The van der Waals surface area contributed by atoms with Crippen LogP contribution in [0.5, 0.6) is 0 Å². The van der Waals surface area contributed by atoms with Crippen LogP contribution in [0.3, 0.4) is 0 Å². The zero-order chi connectivity index (χ0) is 9.26. The van der Waals surface area contributed by atoms with Gasteiger partial charge in [0.15, 0.2) is 0 Å². The van der Waals surface area contributed by atoms with Crippen LogP contribution in [0, 0.1) is 0 Å². The zero-order valence-corrected chi connectivity index (χ0v) is 8.50. The number of carbonyl (C=O) groups is 1. The van der Waals surface area contributed by atoms with Crippen LogP contribution >= 0.6 is 23.1 Å². The molecule has 0 saturated heterocycles. The summed E-state index contributed by atoms with van der Waals surface area (Å²) in [4.78, 5) is 11.1. The Morgan fingerprint density at radius 2 is 2.46 bits per heavy atom. The first-order valence-corrected chi connectivity index (χ1v) is 5.81. The maximum Gasteiger partial charge on any atom is 0.345 e. The summed E-state index contributed by atoms with van der Waals surface area (Å²) in [6, 6.07) is 1.72. The van der Waals surface area contributed by atoms with E-state index in [0.29, 0.717) is 4.88 Å². The van der Waals surface area contributed by atoms with Gasteiger partial charge >= 0.3 is 5.97 Å². The predicted molar refractivity (Wildman–Crippen MR) is 55.1 cm³/mol. The Bertz CT molecular complexity index is 311. The number of carboxylic acids is 1. The fourth-order valence-corrected chi connectivity index (χ4v) is 3.39. The van der Waals surface area contributed by atoms with E-state index >= 15 is 0 Å². The molecular weight excluding hydrogens is 206 g/mol. The van der Waals surface area contributed by atoms with Crippen molar-refractivity contribution in [1.29, 1.82) is 0 Å². The van der Waals surface area contributed by atoms with Gasteiger partial charge in [-0.15, -0.1) is 23.1 Å². The van der Waals surface area contributed by atoms with Crippen molar-refractivity contribution in [1.82, 2.24) is 0 Å². The number of carboxylic acid groups (broad SMARTS) is 1. The van der Waals surface area contributed by atoms with Crippen molar-refractivity contribution in [2.24, 2.45) is 0 Å². The summed E-state index contributed by atoms with van der Waals surface area (Å²) in [7, 11) is 0. The van der Waals surface area contributed by atoms with Crippen molar-refractivity contribution in [2.75, 3.05) is 17.6 Å². The van der Waals surface area contributed by atoms with Crippen molar-refractivity contribution in [3.8, 4) is 0 Å². The largest absolute Gasteiger partial charge is 0.477 e. The van der Waals surface area contributed by atoms with Gasteiger partial charge in [0.05, 0.1) is 9.90 Å². The summed E-state index contributed by atoms with van der Waals surface area (Å²) in [6.45, 7) is 0.940. The van der Waals surface area contributed by atoms with Gasteiger partial charge in [-0.1, -0.05) is 0 Å². The third-order valence-corrected chi connectivity index (χ3v) is 4.27. The van der Waals surface area contributed by atoms with Crippen molar-refractivity contribution in [3.05, 3.63) is 10.9 Å². The molecule has 5 heteroatoms. The quantitative estimate of drug-likeness (QED) is 0.755. The lowest BCUT2D eigenvalue weighted by molar-refractivity contribution is 0.0702. The molecule has 0 fully saturated rings. The second-order valence-electron chi connectivity index (χ2n) is 2.75. The van der Waals surface area contributed by atoms with Crippen LogP contribution in [0.2, 0.25) is 0 Å². The fourth-order valence-electron chi connectivity index (χ4n) is 1.17. The number of fused-ring (bicyclic) bond motifs is 1. The third kappa shape index (κ3) is 1.81. The Morgan fingerprint density at radius 3 is 3.23 bits per heavy atom. The molecule has 0 aromatic carbocycles. The monoisotopic (exact) mass is 215 g/mol. The number of thiophene rings is 1. The average Bonchev–Trinajstić information content (AvgIpc) is 2.38. The molecule has 1 aromatic rings. The minimum absolute atomic E-state index is 0.423. The van der Waals surface area contributed by atoms with Gasteiger partial charge in [0.25, 0.3) is 0 Å². The molecule has 0 amide bonds. The van der Waals surface area contributed by atoms with Crippen LogP contribution in [0.4, 0.5) is 5.69 Å². The highest BCUT2D eigenvalue weighted by Gasteiger charge is 2.15. The smallest absolute Gasteiger partial charge is 0.345 e. The van der Waals surface area contributed by atoms with Crippen molar-refractivity contribution >= 4 is 34.8 Å². The molecule has 0 unspecified atom stereocenters. The summed E-state index contributed by atoms with van der Waals surface area (Å²) in [5, 5.41) is 12.0. The van der Waals surface area contributed by atoms with Crippen molar-refractivity contribution in [2.45, 2.75) is 10.6 Å². The first kappa shape index (κ1) is 8.90. The Morgan fingerprint density at radius 1 is 1.62 bits per heavy atom. The van der Waals surface area contributed by atoms with E-state index in [1.165, 1.54) is 11.3 Å². The lowest BCUT2D eigenvalue weighted by Crippen LogP contribution is -1.99. The Kier molecular flexibility index (Phi) is 2.46. The van der Waals surface area contributed by atoms with Gasteiger partial charge in [0.1, 0.15) is 4.88 Å². The second kappa shape index (κ2) is 3.59. The van der Waals surface area contributed by atoms with Crippen LogP contribution in [-0.4, -0.2) is 23.4 Å². The molecule has 1 aliphatic heterocycles. The molecule has 0 radical (unpaired) electrons. The van der Waals surface area contributed by atoms with Gasteiger partial charge < -0.3 is 10.4 Å². The maximum atomic E-state index is 10.7. The molecule has 70 valence electrons. The Balaban J connectivity index is 2.32. The summed E-state index contributed by atoms with van der Waals surface area (Å²) in [5.41, 5.74) is 0.991. The van der Waals surface area contributed by atoms with Crippen LogP contribution in [0.15, 0.2) is 10.3 Å². The fraction of sp³-hybridized carbons (Fsp3) is 0.375. The molecule has 2 heterocycles. The number of hydrogen-bond donors (Lipinski definition) is 2. The SMILES string of the molecule is O=C(O)c1cc2c(s1)SCCCN2. The van der Waals surface area contributed by atoms with Gasteiger partial charge in [-0.2, -0.15) is 0 Å². The highest BCUT2D eigenvalue weighted by molar-refractivity contribution is 8.01. The highest BCUT2D eigenvalue weighted by Crippen LogP contribution is 2.37. The molecule has 0 spiro atoms. The van der Waals surface area contributed by atoms with Gasteiger partial charge in [-0.3, -0.25) is 0 Å². The van der Waals surface area contributed by atoms with E-state index in [-0.39, 0.29) is 0 Å². The molecule has 2 N–H and O–H groups in total. The molecule has 13 heavy (non-hydrogen) atoms. The molecule has 1 aliphatic rings. The number of rotatable bonds is 1. The van der Waals surface area contributed by atoms with Crippen molar-refractivity contribution < 1.29 is 9.90 Å². The predicted octanol–water partition coefficient (Wildman–Crippen LogP) is 2.35. The lowest BCUT2D eigenvalue weighted by Gasteiger charge is -1.97. The average molecular weight is 215 g/mol. The molecule has 3 nitrogen and oxygen atoms in total. The van der Waals surface area contributed by atoms with Crippen LogP contribution in [-0.2, 0) is 0 Å². The minimum atomic E-state index is -0.833. The molecule has 1 aromatic heterocycles. The number of aromatic carboxylic acids is 1. The standard InChI is InChI=1S/C8H9NO2S2/c10-7(11)6-4-5-8(13-6)12-3-1-2-9-5/h4,9H,1-3H2,(H,10,11). The normalized spacial score (nSPS) is 15.7. The van der Waals surface area contributed by atoms with E-state index in [4.69, 9.17) is 5.11 Å². The van der Waals surface area contributed by atoms with Gasteiger partial charge in [0.2, 0.25) is 0 Å².